The number of carbonyl (C=O) groups excluding carboxylic acids is 2. The highest BCUT2D eigenvalue weighted by atomic mass is 16.2. The minimum absolute atomic E-state index is 0.0526. The first-order chi connectivity index (χ1) is 6.56. The molecule has 0 fully saturated rings. The number of amides is 2. The minimum atomic E-state index is -0.362. The standard InChI is InChI=1S/C9H19N3O2/c1-3-4-11-9(14)6-12-7(2)5-8(10)13/h7,12H,3-6H2,1-2H3,(H2,10,13)(H,11,14). The Kier molecular flexibility index (Phi) is 6.74. The summed E-state index contributed by atoms with van der Waals surface area (Å²) in [6.45, 7) is 4.72. The molecule has 0 aliphatic rings. The van der Waals surface area contributed by atoms with E-state index in [1.165, 1.54) is 0 Å². The van der Waals surface area contributed by atoms with Gasteiger partial charge in [-0.05, 0) is 13.3 Å². The maximum atomic E-state index is 11.1. The number of nitrogens with two attached hydrogens (primary N) is 1. The third kappa shape index (κ3) is 7.54. The summed E-state index contributed by atoms with van der Waals surface area (Å²) in [7, 11) is 0. The van der Waals surface area contributed by atoms with Crippen LogP contribution in [0, 0.1) is 0 Å². The van der Waals surface area contributed by atoms with Crippen molar-refractivity contribution in [2.75, 3.05) is 13.1 Å². The van der Waals surface area contributed by atoms with E-state index in [9.17, 15) is 9.59 Å². The van der Waals surface area contributed by atoms with Crippen molar-refractivity contribution in [3.63, 3.8) is 0 Å². The molecule has 0 heterocycles. The summed E-state index contributed by atoms with van der Waals surface area (Å²) in [5.74, 6) is -0.415. The van der Waals surface area contributed by atoms with Crippen LogP contribution in [0.1, 0.15) is 26.7 Å². The quantitative estimate of drug-likeness (QED) is 0.512. The molecule has 0 saturated heterocycles. The van der Waals surface area contributed by atoms with Crippen LogP contribution in [0.5, 0.6) is 0 Å². The predicted molar refractivity (Wildman–Crippen MR) is 54.6 cm³/mol. The van der Waals surface area contributed by atoms with E-state index in [4.69, 9.17) is 5.73 Å². The van der Waals surface area contributed by atoms with Crippen LogP contribution in [0.15, 0.2) is 0 Å². The molecule has 1 atom stereocenters. The molecular weight excluding hydrogens is 182 g/mol. The molecule has 0 aromatic heterocycles. The average molecular weight is 201 g/mol. The Morgan fingerprint density at radius 3 is 2.57 bits per heavy atom. The largest absolute Gasteiger partial charge is 0.370 e. The highest BCUT2D eigenvalue weighted by Gasteiger charge is 2.07. The van der Waals surface area contributed by atoms with Crippen molar-refractivity contribution in [1.82, 2.24) is 10.6 Å². The monoisotopic (exact) mass is 201 g/mol. The first-order valence-corrected chi connectivity index (χ1v) is 4.84. The first-order valence-electron chi connectivity index (χ1n) is 4.84. The summed E-state index contributed by atoms with van der Waals surface area (Å²) in [5.41, 5.74) is 5.00. The first kappa shape index (κ1) is 12.9. The van der Waals surface area contributed by atoms with Crippen LogP contribution in [0.3, 0.4) is 0 Å². The SMILES string of the molecule is CCCNC(=O)CNC(C)CC(N)=O. The lowest BCUT2D eigenvalue weighted by atomic mass is 10.2. The molecule has 2 amide bonds. The molecule has 0 aromatic rings. The highest BCUT2D eigenvalue weighted by Crippen LogP contribution is 1.87. The number of carbonyl (C=O) groups is 2. The van der Waals surface area contributed by atoms with Crippen molar-refractivity contribution in [3.8, 4) is 0 Å². The average Bonchev–Trinajstić information content (AvgIpc) is 2.10. The molecule has 0 aliphatic carbocycles. The third-order valence-corrected chi connectivity index (χ3v) is 1.69. The van der Waals surface area contributed by atoms with Crippen LogP contribution in [0.4, 0.5) is 0 Å². The summed E-state index contributed by atoms with van der Waals surface area (Å²) in [6, 6.07) is -0.0557. The van der Waals surface area contributed by atoms with E-state index >= 15 is 0 Å². The van der Waals surface area contributed by atoms with Crippen molar-refractivity contribution in [2.24, 2.45) is 5.73 Å². The zero-order valence-corrected chi connectivity index (χ0v) is 8.80. The van der Waals surface area contributed by atoms with Crippen molar-refractivity contribution in [1.29, 1.82) is 0 Å². The number of primary amides is 1. The summed E-state index contributed by atoms with van der Waals surface area (Å²) < 4.78 is 0. The van der Waals surface area contributed by atoms with Gasteiger partial charge in [0, 0.05) is 19.0 Å². The summed E-state index contributed by atoms with van der Waals surface area (Å²) in [5, 5.41) is 5.63. The number of hydrogen-bond donors (Lipinski definition) is 3. The number of rotatable bonds is 7. The Bertz CT molecular complexity index is 194. The van der Waals surface area contributed by atoms with Crippen molar-refractivity contribution < 1.29 is 9.59 Å². The van der Waals surface area contributed by atoms with Gasteiger partial charge in [-0.15, -0.1) is 0 Å². The van der Waals surface area contributed by atoms with E-state index in [0.29, 0.717) is 6.54 Å². The fraction of sp³-hybridized carbons (Fsp3) is 0.778. The lowest BCUT2D eigenvalue weighted by Gasteiger charge is -2.11. The van der Waals surface area contributed by atoms with Crippen LogP contribution < -0.4 is 16.4 Å². The third-order valence-electron chi connectivity index (χ3n) is 1.69. The fourth-order valence-corrected chi connectivity index (χ4v) is 0.968. The second kappa shape index (κ2) is 7.32. The van der Waals surface area contributed by atoms with Gasteiger partial charge < -0.3 is 16.4 Å². The Morgan fingerprint density at radius 2 is 2.07 bits per heavy atom. The Labute approximate surface area is 84.4 Å². The molecule has 0 radical (unpaired) electrons. The smallest absolute Gasteiger partial charge is 0.233 e. The Hall–Kier alpha value is -1.10. The van der Waals surface area contributed by atoms with Gasteiger partial charge in [-0.1, -0.05) is 6.92 Å². The maximum Gasteiger partial charge on any atom is 0.233 e. The van der Waals surface area contributed by atoms with Crippen molar-refractivity contribution in [2.45, 2.75) is 32.7 Å². The highest BCUT2D eigenvalue weighted by molar-refractivity contribution is 5.78. The van der Waals surface area contributed by atoms with E-state index < -0.39 is 0 Å². The van der Waals surface area contributed by atoms with Crippen molar-refractivity contribution >= 4 is 11.8 Å². The zero-order chi connectivity index (χ0) is 11.0. The lowest BCUT2D eigenvalue weighted by Crippen LogP contribution is -2.39. The fourth-order valence-electron chi connectivity index (χ4n) is 0.968. The Morgan fingerprint density at radius 1 is 1.43 bits per heavy atom. The van der Waals surface area contributed by atoms with Gasteiger partial charge in [0.2, 0.25) is 11.8 Å². The molecule has 1 unspecified atom stereocenters. The maximum absolute atomic E-state index is 11.1. The topological polar surface area (TPSA) is 84.2 Å². The van der Waals surface area contributed by atoms with Gasteiger partial charge in [0.05, 0.1) is 6.54 Å². The molecule has 0 aliphatic heterocycles. The van der Waals surface area contributed by atoms with Crippen LogP contribution in [-0.4, -0.2) is 30.9 Å². The molecule has 0 rings (SSSR count). The molecule has 4 N–H and O–H groups in total. The van der Waals surface area contributed by atoms with Crippen LogP contribution in [-0.2, 0) is 9.59 Å². The van der Waals surface area contributed by atoms with Gasteiger partial charge in [0.15, 0.2) is 0 Å². The molecular formula is C9H19N3O2. The van der Waals surface area contributed by atoms with Crippen LogP contribution >= 0.6 is 0 Å². The molecule has 14 heavy (non-hydrogen) atoms. The zero-order valence-electron chi connectivity index (χ0n) is 8.80. The van der Waals surface area contributed by atoms with Gasteiger partial charge in [0.25, 0.3) is 0 Å². The van der Waals surface area contributed by atoms with Gasteiger partial charge in [0.1, 0.15) is 0 Å². The molecule has 0 bridgehead atoms. The van der Waals surface area contributed by atoms with Gasteiger partial charge in [-0.3, -0.25) is 9.59 Å². The van der Waals surface area contributed by atoms with E-state index in [2.05, 4.69) is 10.6 Å². The van der Waals surface area contributed by atoms with Crippen LogP contribution in [0.25, 0.3) is 0 Å². The van der Waals surface area contributed by atoms with Gasteiger partial charge in [-0.25, -0.2) is 0 Å². The van der Waals surface area contributed by atoms with E-state index in [-0.39, 0.29) is 30.8 Å². The van der Waals surface area contributed by atoms with Crippen LogP contribution in [0.2, 0.25) is 0 Å². The van der Waals surface area contributed by atoms with Crippen molar-refractivity contribution in [3.05, 3.63) is 0 Å². The Balaban J connectivity index is 3.50. The predicted octanol–water partition coefficient (Wildman–Crippen LogP) is -0.634. The molecule has 5 nitrogen and oxygen atoms in total. The minimum Gasteiger partial charge on any atom is -0.370 e. The molecule has 82 valence electrons. The summed E-state index contributed by atoms with van der Waals surface area (Å²) in [4.78, 5) is 21.6. The van der Waals surface area contributed by atoms with E-state index in [1.807, 2.05) is 13.8 Å². The number of nitrogens with one attached hydrogen (secondary N) is 2. The second-order valence-electron chi connectivity index (χ2n) is 3.30. The summed E-state index contributed by atoms with van der Waals surface area (Å²) >= 11 is 0. The lowest BCUT2D eigenvalue weighted by molar-refractivity contribution is -0.121. The van der Waals surface area contributed by atoms with Gasteiger partial charge in [-0.2, -0.15) is 0 Å². The van der Waals surface area contributed by atoms with E-state index in [1.54, 1.807) is 0 Å². The van der Waals surface area contributed by atoms with E-state index in [0.717, 1.165) is 6.42 Å². The normalized spacial score (nSPS) is 12.1. The molecule has 0 saturated carbocycles. The molecule has 5 heteroatoms. The second-order valence-corrected chi connectivity index (χ2v) is 3.30. The molecule has 0 spiro atoms. The molecule has 0 aromatic carbocycles. The summed E-state index contributed by atoms with van der Waals surface area (Å²) in [6.07, 6.45) is 1.17. The van der Waals surface area contributed by atoms with Gasteiger partial charge >= 0.3 is 0 Å². The number of hydrogen-bond acceptors (Lipinski definition) is 3.